The fourth-order valence-electron chi connectivity index (χ4n) is 1.44. The summed E-state index contributed by atoms with van der Waals surface area (Å²) in [5, 5.41) is 18.5. The van der Waals surface area contributed by atoms with Crippen molar-refractivity contribution in [2.24, 2.45) is 0 Å². The van der Waals surface area contributed by atoms with Crippen LogP contribution in [0.3, 0.4) is 0 Å². The molecular formula is C11H12N4O4S3. The lowest BCUT2D eigenvalue weighted by Gasteiger charge is -2.04. The molecule has 1 N–H and O–H groups in total. The van der Waals surface area contributed by atoms with Gasteiger partial charge in [-0.2, -0.15) is 0 Å². The average molecular weight is 360 g/mol. The van der Waals surface area contributed by atoms with Gasteiger partial charge in [0.2, 0.25) is 5.13 Å². The third-order valence-corrected chi connectivity index (χ3v) is 6.04. The normalized spacial score (nSPS) is 11.3. The van der Waals surface area contributed by atoms with E-state index in [4.69, 9.17) is 0 Å². The number of nitrogens with one attached hydrogen (secondary N) is 1. The minimum absolute atomic E-state index is 0.130. The van der Waals surface area contributed by atoms with Crippen molar-refractivity contribution < 1.29 is 13.3 Å². The highest BCUT2D eigenvalue weighted by Crippen LogP contribution is 2.28. The zero-order chi connectivity index (χ0) is 16.2. The number of aromatic nitrogens is 2. The van der Waals surface area contributed by atoms with Crippen LogP contribution >= 0.6 is 23.1 Å². The molecule has 0 saturated carbocycles. The van der Waals surface area contributed by atoms with Crippen LogP contribution in [0.25, 0.3) is 0 Å². The van der Waals surface area contributed by atoms with Crippen LogP contribution in [0.2, 0.25) is 0 Å². The summed E-state index contributed by atoms with van der Waals surface area (Å²) < 4.78 is 27.3. The molecule has 118 valence electrons. The number of hydrogen-bond donors (Lipinski definition) is 1. The molecule has 0 radical (unpaired) electrons. The van der Waals surface area contributed by atoms with Gasteiger partial charge in [0.1, 0.15) is 0 Å². The van der Waals surface area contributed by atoms with E-state index in [9.17, 15) is 18.5 Å². The molecule has 0 aliphatic heterocycles. The second kappa shape index (κ2) is 7.03. The Morgan fingerprint density at radius 2 is 2.18 bits per heavy atom. The molecule has 8 nitrogen and oxygen atoms in total. The van der Waals surface area contributed by atoms with Crippen molar-refractivity contribution in [2.45, 2.75) is 22.6 Å². The Balaban J connectivity index is 2.18. The van der Waals surface area contributed by atoms with E-state index in [0.29, 0.717) is 4.34 Å². The number of sulfonamides is 1. The highest BCUT2D eigenvalue weighted by molar-refractivity contribution is 8.01. The number of thioether (sulfide) groups is 1. The van der Waals surface area contributed by atoms with Crippen molar-refractivity contribution in [3.05, 3.63) is 34.4 Å². The minimum atomic E-state index is -3.93. The van der Waals surface area contributed by atoms with E-state index in [1.807, 2.05) is 6.92 Å². The lowest BCUT2D eigenvalue weighted by molar-refractivity contribution is -0.385. The van der Waals surface area contributed by atoms with Gasteiger partial charge in [-0.25, -0.2) is 8.42 Å². The number of nitro groups is 1. The maximum absolute atomic E-state index is 12.2. The second-order valence-corrected chi connectivity index (χ2v) is 8.08. The second-order valence-electron chi connectivity index (χ2n) is 4.08. The summed E-state index contributed by atoms with van der Waals surface area (Å²) in [6.45, 7) is 2.03. The van der Waals surface area contributed by atoms with Gasteiger partial charge in [0.15, 0.2) is 4.34 Å². The number of nitro benzene ring substituents is 1. The zero-order valence-corrected chi connectivity index (χ0v) is 13.9. The van der Waals surface area contributed by atoms with Crippen LogP contribution in [0.4, 0.5) is 10.8 Å². The molecule has 0 spiro atoms. The Hall–Kier alpha value is -1.72. The molecule has 2 rings (SSSR count). The molecule has 0 unspecified atom stereocenters. The maximum atomic E-state index is 12.2. The van der Waals surface area contributed by atoms with Crippen molar-refractivity contribution in [3.8, 4) is 0 Å². The van der Waals surface area contributed by atoms with Crippen LogP contribution in [-0.2, 0) is 10.0 Å². The summed E-state index contributed by atoms with van der Waals surface area (Å²) in [6, 6.07) is 4.82. The lowest BCUT2D eigenvalue weighted by Crippen LogP contribution is -2.13. The molecule has 0 aliphatic rings. The summed E-state index contributed by atoms with van der Waals surface area (Å²) in [6.07, 6.45) is 0.971. The van der Waals surface area contributed by atoms with Crippen molar-refractivity contribution >= 4 is 43.9 Å². The summed E-state index contributed by atoms with van der Waals surface area (Å²) in [4.78, 5) is 9.87. The van der Waals surface area contributed by atoms with Crippen molar-refractivity contribution in [1.82, 2.24) is 10.2 Å². The van der Waals surface area contributed by atoms with E-state index >= 15 is 0 Å². The molecule has 0 amide bonds. The first-order valence-electron chi connectivity index (χ1n) is 6.16. The molecule has 22 heavy (non-hydrogen) atoms. The van der Waals surface area contributed by atoms with Crippen LogP contribution in [0, 0.1) is 10.1 Å². The highest BCUT2D eigenvalue weighted by Gasteiger charge is 2.19. The van der Waals surface area contributed by atoms with E-state index in [0.717, 1.165) is 29.6 Å². The van der Waals surface area contributed by atoms with Gasteiger partial charge in [-0.05, 0) is 12.5 Å². The van der Waals surface area contributed by atoms with Crippen LogP contribution < -0.4 is 4.72 Å². The standard InChI is InChI=1S/C11H12N4O4S3/c1-2-6-20-11-13-12-10(21-11)14-22(18,19)9-5-3-4-8(7-9)15(16)17/h3-5,7H,2,6H2,1H3,(H,12,14). The fourth-order valence-corrected chi connectivity index (χ4v) is 4.38. The summed E-state index contributed by atoms with van der Waals surface area (Å²) in [5.41, 5.74) is -0.292. The number of non-ortho nitro benzene ring substituents is 1. The predicted octanol–water partition coefficient (Wildman–Crippen LogP) is 2.75. The molecule has 0 aliphatic carbocycles. The predicted molar refractivity (Wildman–Crippen MR) is 84.8 cm³/mol. The Bertz CT molecular complexity index is 775. The maximum Gasteiger partial charge on any atom is 0.270 e. The van der Waals surface area contributed by atoms with Gasteiger partial charge in [-0.15, -0.1) is 10.2 Å². The first-order chi connectivity index (χ1) is 10.4. The average Bonchev–Trinajstić information content (AvgIpc) is 2.92. The van der Waals surface area contributed by atoms with Gasteiger partial charge in [-0.3, -0.25) is 14.8 Å². The molecular weight excluding hydrogens is 348 g/mol. The van der Waals surface area contributed by atoms with Crippen molar-refractivity contribution in [1.29, 1.82) is 0 Å². The monoisotopic (exact) mass is 360 g/mol. The summed E-state index contributed by atoms with van der Waals surface area (Å²) >= 11 is 2.61. The van der Waals surface area contributed by atoms with Crippen LogP contribution in [0.5, 0.6) is 0 Å². The van der Waals surface area contributed by atoms with Crippen molar-refractivity contribution in [2.75, 3.05) is 10.5 Å². The number of nitrogens with zero attached hydrogens (tertiary/aromatic N) is 3. The molecule has 1 aromatic heterocycles. The SMILES string of the molecule is CCCSc1nnc(NS(=O)(=O)c2cccc([N+](=O)[O-])c2)s1. The number of hydrogen-bond acceptors (Lipinski definition) is 8. The molecule has 0 bridgehead atoms. The third-order valence-electron chi connectivity index (χ3n) is 2.40. The number of rotatable bonds is 7. The largest absolute Gasteiger partial charge is 0.270 e. The Kier molecular flexibility index (Phi) is 5.32. The Labute approximate surface area is 135 Å². The van der Waals surface area contributed by atoms with Gasteiger partial charge < -0.3 is 0 Å². The van der Waals surface area contributed by atoms with Gasteiger partial charge in [-0.1, -0.05) is 36.1 Å². The van der Waals surface area contributed by atoms with E-state index in [1.165, 1.54) is 30.0 Å². The van der Waals surface area contributed by atoms with Gasteiger partial charge in [0, 0.05) is 17.9 Å². The first-order valence-corrected chi connectivity index (χ1v) is 9.44. The van der Waals surface area contributed by atoms with Crippen LogP contribution in [0.1, 0.15) is 13.3 Å². The zero-order valence-electron chi connectivity index (χ0n) is 11.4. The Morgan fingerprint density at radius 3 is 2.86 bits per heavy atom. The lowest BCUT2D eigenvalue weighted by atomic mass is 10.3. The number of anilines is 1. The smallest absolute Gasteiger partial charge is 0.258 e. The fraction of sp³-hybridized carbons (Fsp3) is 0.273. The van der Waals surface area contributed by atoms with Crippen LogP contribution in [-0.4, -0.2) is 29.3 Å². The van der Waals surface area contributed by atoms with E-state index < -0.39 is 14.9 Å². The van der Waals surface area contributed by atoms with Gasteiger partial charge in [0.25, 0.3) is 15.7 Å². The minimum Gasteiger partial charge on any atom is -0.258 e. The van der Waals surface area contributed by atoms with E-state index in [2.05, 4.69) is 14.9 Å². The molecule has 0 atom stereocenters. The molecule has 1 heterocycles. The molecule has 0 fully saturated rings. The van der Waals surface area contributed by atoms with E-state index in [-0.39, 0.29) is 15.7 Å². The van der Waals surface area contributed by atoms with Crippen LogP contribution in [0.15, 0.2) is 33.5 Å². The quantitative estimate of drug-likeness (QED) is 0.458. The molecule has 11 heteroatoms. The molecule has 2 aromatic rings. The van der Waals surface area contributed by atoms with Gasteiger partial charge >= 0.3 is 0 Å². The van der Waals surface area contributed by atoms with Gasteiger partial charge in [0.05, 0.1) is 9.82 Å². The molecule has 1 aromatic carbocycles. The summed E-state index contributed by atoms with van der Waals surface area (Å²) in [7, 11) is -3.93. The third kappa shape index (κ3) is 4.15. The first kappa shape index (κ1) is 16.6. The highest BCUT2D eigenvalue weighted by atomic mass is 32.2. The topological polar surface area (TPSA) is 115 Å². The van der Waals surface area contributed by atoms with E-state index in [1.54, 1.807) is 0 Å². The Morgan fingerprint density at radius 1 is 1.41 bits per heavy atom. The number of benzene rings is 1. The molecule has 0 saturated heterocycles. The van der Waals surface area contributed by atoms with Crippen molar-refractivity contribution in [3.63, 3.8) is 0 Å². The summed E-state index contributed by atoms with van der Waals surface area (Å²) in [5.74, 6) is 0.867.